The second kappa shape index (κ2) is 11.5. The van der Waals surface area contributed by atoms with Crippen LogP contribution in [0.25, 0.3) is 10.8 Å². The third kappa shape index (κ3) is 5.86. The summed E-state index contributed by atoms with van der Waals surface area (Å²) in [4.78, 5) is 27.9. The molecule has 9 nitrogen and oxygen atoms in total. The number of nitrogens with two attached hydrogens (primary N) is 1. The highest BCUT2D eigenvalue weighted by Gasteiger charge is 2.25. The number of carbonyl (C=O) groups is 2. The van der Waals surface area contributed by atoms with Crippen molar-refractivity contribution in [2.45, 2.75) is 45.6 Å². The summed E-state index contributed by atoms with van der Waals surface area (Å²) >= 11 is 0. The normalized spacial score (nSPS) is 11.2. The monoisotopic (exact) mass is 519 g/mol. The van der Waals surface area contributed by atoms with Gasteiger partial charge in [0.15, 0.2) is 17.3 Å². The molecular formula is C29H37N5O4. The van der Waals surface area contributed by atoms with Crippen LogP contribution < -0.4 is 25.4 Å². The largest absolute Gasteiger partial charge is 0.493 e. The molecule has 0 unspecified atom stereocenters. The van der Waals surface area contributed by atoms with Gasteiger partial charge in [-0.2, -0.15) is 5.26 Å². The third-order valence-electron chi connectivity index (χ3n) is 6.40. The molecule has 0 aliphatic carbocycles. The van der Waals surface area contributed by atoms with E-state index in [2.05, 4.69) is 11.4 Å². The van der Waals surface area contributed by atoms with Crippen LogP contribution in [0.4, 0.5) is 11.5 Å². The summed E-state index contributed by atoms with van der Waals surface area (Å²) in [5.74, 6) is 1.09. The molecule has 0 saturated heterocycles. The maximum atomic E-state index is 13.6. The number of nitriles is 1. The number of nitrogens with one attached hydrogen (secondary N) is 1. The van der Waals surface area contributed by atoms with Gasteiger partial charge in [-0.05, 0) is 36.1 Å². The predicted molar refractivity (Wildman–Crippen MR) is 150 cm³/mol. The number of fused-ring (bicyclic) bond motifs is 1. The maximum Gasteiger partial charge on any atom is 0.253 e. The van der Waals surface area contributed by atoms with E-state index in [1.165, 1.54) is 0 Å². The smallest absolute Gasteiger partial charge is 0.253 e. The van der Waals surface area contributed by atoms with Gasteiger partial charge in [-0.15, -0.1) is 0 Å². The van der Waals surface area contributed by atoms with Crippen molar-refractivity contribution in [2.75, 3.05) is 45.5 Å². The molecule has 0 saturated carbocycles. The van der Waals surface area contributed by atoms with Gasteiger partial charge in [-0.25, -0.2) is 0 Å². The molecule has 0 bridgehead atoms. The lowest BCUT2D eigenvalue weighted by Gasteiger charge is -2.25. The standard InChI is InChI=1S/C29H37N5O4/c1-29(2,3)22-12-18(14-25(26(22)37-7)38-11-9-8-10-30)24(35)17-34-16-19-13-23(33(5)6)21(28(36)32-4)15-20(19)27(34)31/h12-16H,8-9,11,17,31H2,1-7H3,(H,32,36). The number of benzene rings is 2. The zero-order valence-electron chi connectivity index (χ0n) is 23.3. The quantitative estimate of drug-likeness (QED) is 0.298. The van der Waals surface area contributed by atoms with Crippen LogP contribution in [0.3, 0.4) is 0 Å². The zero-order chi connectivity index (χ0) is 28.2. The van der Waals surface area contributed by atoms with Gasteiger partial charge in [0, 0.05) is 61.3 Å². The van der Waals surface area contributed by atoms with Gasteiger partial charge in [-0.1, -0.05) is 20.8 Å². The molecule has 3 aromatic rings. The van der Waals surface area contributed by atoms with Crippen LogP contribution in [0, 0.1) is 11.3 Å². The van der Waals surface area contributed by atoms with Crippen molar-refractivity contribution < 1.29 is 19.1 Å². The van der Waals surface area contributed by atoms with Crippen molar-refractivity contribution >= 4 is 34.0 Å². The van der Waals surface area contributed by atoms with Gasteiger partial charge < -0.3 is 30.0 Å². The minimum absolute atomic E-state index is 0.0108. The first kappa shape index (κ1) is 28.4. The highest BCUT2D eigenvalue weighted by Crippen LogP contribution is 2.40. The van der Waals surface area contributed by atoms with Crippen molar-refractivity contribution in [3.63, 3.8) is 0 Å². The van der Waals surface area contributed by atoms with Gasteiger partial charge >= 0.3 is 0 Å². The average molecular weight is 520 g/mol. The summed E-state index contributed by atoms with van der Waals surface area (Å²) in [6.45, 7) is 6.48. The van der Waals surface area contributed by atoms with Gasteiger partial charge in [0.1, 0.15) is 5.82 Å². The number of amides is 1. The van der Waals surface area contributed by atoms with Crippen LogP contribution in [0.5, 0.6) is 11.5 Å². The molecule has 1 amide bonds. The molecule has 0 aliphatic rings. The fraction of sp³-hybridized carbons (Fsp3) is 0.414. The molecule has 2 aromatic carbocycles. The number of anilines is 2. The van der Waals surface area contributed by atoms with Crippen LogP contribution in [-0.2, 0) is 12.0 Å². The molecule has 0 fully saturated rings. The number of rotatable bonds is 10. The van der Waals surface area contributed by atoms with Crippen LogP contribution in [0.15, 0.2) is 30.5 Å². The molecule has 0 radical (unpaired) electrons. The van der Waals surface area contributed by atoms with Crippen molar-refractivity contribution in [3.8, 4) is 17.6 Å². The van der Waals surface area contributed by atoms with Crippen LogP contribution in [-0.4, -0.2) is 51.1 Å². The Morgan fingerprint density at radius 3 is 2.47 bits per heavy atom. The van der Waals surface area contributed by atoms with Crippen molar-refractivity contribution in [1.82, 2.24) is 9.88 Å². The highest BCUT2D eigenvalue weighted by molar-refractivity contribution is 6.07. The lowest BCUT2D eigenvalue weighted by atomic mass is 9.84. The number of methoxy groups -OCH3 is 1. The third-order valence-corrected chi connectivity index (χ3v) is 6.40. The molecule has 202 valence electrons. The first-order chi connectivity index (χ1) is 17.9. The van der Waals surface area contributed by atoms with Gasteiger partial charge in [0.25, 0.3) is 5.91 Å². The molecule has 0 spiro atoms. The Hall–Kier alpha value is -4.19. The second-order valence-electron chi connectivity index (χ2n) is 10.4. The summed E-state index contributed by atoms with van der Waals surface area (Å²) in [6, 6.07) is 9.30. The Bertz CT molecular complexity index is 1390. The van der Waals surface area contributed by atoms with E-state index >= 15 is 0 Å². The Balaban J connectivity index is 2.03. The molecule has 3 N–H and O–H groups in total. The molecule has 0 atom stereocenters. The molecule has 9 heteroatoms. The van der Waals surface area contributed by atoms with E-state index in [0.29, 0.717) is 53.3 Å². The Kier molecular flexibility index (Phi) is 8.56. The summed E-state index contributed by atoms with van der Waals surface area (Å²) in [7, 11) is 6.90. The number of nitrogens with zero attached hydrogens (tertiary/aromatic N) is 3. The molecule has 1 heterocycles. The Morgan fingerprint density at radius 2 is 1.89 bits per heavy atom. The highest BCUT2D eigenvalue weighted by atomic mass is 16.5. The maximum absolute atomic E-state index is 13.6. The van der Waals surface area contributed by atoms with Gasteiger partial charge in [0.05, 0.1) is 31.9 Å². The van der Waals surface area contributed by atoms with E-state index in [4.69, 9.17) is 20.5 Å². The molecule has 1 aromatic heterocycles. The number of hydrogen-bond acceptors (Lipinski definition) is 7. The van der Waals surface area contributed by atoms with Crippen molar-refractivity contribution in [1.29, 1.82) is 5.26 Å². The van der Waals surface area contributed by atoms with E-state index in [1.807, 2.05) is 58.1 Å². The van der Waals surface area contributed by atoms with Crippen LogP contribution in [0.2, 0.25) is 0 Å². The molecule has 0 aliphatic heterocycles. The van der Waals surface area contributed by atoms with E-state index in [0.717, 1.165) is 16.6 Å². The topological polar surface area (TPSA) is 123 Å². The fourth-order valence-corrected chi connectivity index (χ4v) is 4.36. The fourth-order valence-electron chi connectivity index (χ4n) is 4.36. The molecular weight excluding hydrogens is 482 g/mol. The minimum atomic E-state index is -0.313. The SMILES string of the molecule is CNC(=O)c1cc2c(N)n(CC(=O)c3cc(OCCCC#N)c(OC)c(C(C)(C)C)c3)cc2cc1N(C)C. The number of carbonyl (C=O) groups excluding carboxylic acids is 2. The zero-order valence-corrected chi connectivity index (χ0v) is 23.3. The Morgan fingerprint density at radius 1 is 1.18 bits per heavy atom. The van der Waals surface area contributed by atoms with Gasteiger partial charge in [-0.3, -0.25) is 9.59 Å². The van der Waals surface area contributed by atoms with Gasteiger partial charge in [0.2, 0.25) is 0 Å². The summed E-state index contributed by atoms with van der Waals surface area (Å²) in [5, 5.41) is 13.0. The number of unbranched alkanes of at least 4 members (excludes halogenated alkanes) is 1. The van der Waals surface area contributed by atoms with E-state index in [9.17, 15) is 9.59 Å². The van der Waals surface area contributed by atoms with E-state index in [1.54, 1.807) is 30.9 Å². The number of ether oxygens (including phenoxy) is 2. The molecule has 3 rings (SSSR count). The second-order valence-corrected chi connectivity index (χ2v) is 10.4. The summed E-state index contributed by atoms with van der Waals surface area (Å²) < 4.78 is 13.3. The summed E-state index contributed by atoms with van der Waals surface area (Å²) in [6.07, 6.45) is 2.78. The number of hydrogen-bond donors (Lipinski definition) is 2. The minimum Gasteiger partial charge on any atom is -0.493 e. The van der Waals surface area contributed by atoms with E-state index in [-0.39, 0.29) is 23.7 Å². The van der Waals surface area contributed by atoms with Crippen molar-refractivity contribution in [3.05, 3.63) is 47.2 Å². The predicted octanol–water partition coefficient (Wildman–Crippen LogP) is 4.52. The van der Waals surface area contributed by atoms with E-state index < -0.39 is 0 Å². The first-order valence-electron chi connectivity index (χ1n) is 12.5. The lowest BCUT2D eigenvalue weighted by molar-refractivity contribution is 0.0959. The summed E-state index contributed by atoms with van der Waals surface area (Å²) in [5.41, 5.74) is 8.73. The average Bonchev–Trinajstić information content (AvgIpc) is 3.18. The number of ketones is 1. The number of Topliss-reactive ketones (excluding diaryl/α,β-unsaturated/α-hetero) is 1. The van der Waals surface area contributed by atoms with Crippen molar-refractivity contribution in [2.24, 2.45) is 0 Å². The first-order valence-corrected chi connectivity index (χ1v) is 12.5. The lowest BCUT2D eigenvalue weighted by Crippen LogP contribution is -2.22. The number of aromatic nitrogens is 1. The number of nitrogen functional groups attached to an aromatic ring is 1. The van der Waals surface area contributed by atoms with Crippen LogP contribution in [0.1, 0.15) is 59.9 Å². The van der Waals surface area contributed by atoms with Crippen LogP contribution >= 0.6 is 0 Å². The Labute approximate surface area is 224 Å². The molecule has 38 heavy (non-hydrogen) atoms.